The van der Waals surface area contributed by atoms with Gasteiger partial charge in [-0.1, -0.05) is 13.8 Å². The molecule has 6 heteroatoms. The van der Waals surface area contributed by atoms with Gasteiger partial charge in [0.25, 0.3) is 0 Å². The maximum atomic E-state index is 9.28. The van der Waals surface area contributed by atoms with Gasteiger partial charge in [-0.25, -0.2) is 9.97 Å². The van der Waals surface area contributed by atoms with Gasteiger partial charge in [0.2, 0.25) is 0 Å². The van der Waals surface area contributed by atoms with E-state index in [1.165, 1.54) is 0 Å². The highest BCUT2D eigenvalue weighted by Crippen LogP contribution is 2.11. The summed E-state index contributed by atoms with van der Waals surface area (Å²) < 4.78 is 2.76. The molecule has 2 heterocycles. The number of hydrogen-bond acceptors (Lipinski definition) is 4. The monoisotopic (exact) mass is 312 g/mol. The molecular formula is C12H17BrN4O. The van der Waals surface area contributed by atoms with Crippen LogP contribution >= 0.6 is 15.9 Å². The molecule has 18 heavy (non-hydrogen) atoms. The summed E-state index contributed by atoms with van der Waals surface area (Å²) in [6.45, 7) is 4.98. The minimum absolute atomic E-state index is 0.0980. The highest BCUT2D eigenvalue weighted by Gasteiger charge is 2.12. The molecule has 0 spiro atoms. The van der Waals surface area contributed by atoms with Gasteiger partial charge in [-0.3, -0.25) is 4.40 Å². The number of aliphatic hydroxyl groups excluding tert-OH is 1. The number of fused-ring (bicyclic) bond motifs is 1. The first kappa shape index (κ1) is 13.5. The third kappa shape index (κ3) is 2.88. The smallest absolute Gasteiger partial charge is 0.155 e. The first-order chi connectivity index (χ1) is 8.61. The fraction of sp³-hybridized carbons (Fsp3) is 0.500. The van der Waals surface area contributed by atoms with Crippen molar-refractivity contribution in [2.45, 2.75) is 26.4 Å². The van der Waals surface area contributed by atoms with Gasteiger partial charge in [0.1, 0.15) is 4.60 Å². The van der Waals surface area contributed by atoms with Gasteiger partial charge in [-0.2, -0.15) is 0 Å². The number of nitrogens with zero attached hydrogens (tertiary/aromatic N) is 3. The van der Waals surface area contributed by atoms with Crippen LogP contribution in [-0.2, 0) is 6.54 Å². The Bertz CT molecular complexity index is 526. The number of halogens is 1. The Morgan fingerprint density at radius 3 is 2.83 bits per heavy atom. The summed E-state index contributed by atoms with van der Waals surface area (Å²) in [6.07, 6.45) is 5.44. The molecule has 0 aliphatic rings. The van der Waals surface area contributed by atoms with E-state index < -0.39 is 0 Å². The standard InChI is InChI=1S/C12H17BrN4O/c1-8(2)10(7-18)14-3-9-4-16-12-5-15-11(13)6-17(9)12/h4-6,8,10,14,18H,3,7H2,1-2H3. The molecule has 0 amide bonds. The fourth-order valence-electron chi connectivity index (χ4n) is 1.79. The summed E-state index contributed by atoms with van der Waals surface area (Å²) in [5, 5.41) is 12.6. The van der Waals surface area contributed by atoms with Crippen LogP contribution in [0.5, 0.6) is 0 Å². The highest BCUT2D eigenvalue weighted by molar-refractivity contribution is 9.10. The van der Waals surface area contributed by atoms with E-state index in [1.54, 1.807) is 6.20 Å². The fourth-order valence-corrected chi connectivity index (χ4v) is 2.10. The SMILES string of the molecule is CC(C)C(CO)NCc1cnc2cnc(Br)cn12. The number of hydrogen-bond donors (Lipinski definition) is 2. The van der Waals surface area contributed by atoms with Gasteiger partial charge < -0.3 is 10.4 Å². The number of imidazole rings is 1. The summed E-state index contributed by atoms with van der Waals surface area (Å²) in [4.78, 5) is 8.42. The van der Waals surface area contributed by atoms with Gasteiger partial charge in [0, 0.05) is 18.8 Å². The third-order valence-electron chi connectivity index (χ3n) is 2.99. The van der Waals surface area contributed by atoms with E-state index in [1.807, 2.05) is 16.8 Å². The summed E-state index contributed by atoms with van der Waals surface area (Å²) in [5.74, 6) is 0.391. The van der Waals surface area contributed by atoms with Crippen LogP contribution in [-0.4, -0.2) is 32.1 Å². The topological polar surface area (TPSA) is 62.5 Å². The molecule has 5 nitrogen and oxygen atoms in total. The van der Waals surface area contributed by atoms with Gasteiger partial charge >= 0.3 is 0 Å². The van der Waals surface area contributed by atoms with Gasteiger partial charge in [0.15, 0.2) is 5.65 Å². The molecule has 0 aliphatic carbocycles. The molecule has 2 aromatic rings. The molecular weight excluding hydrogens is 296 g/mol. The number of aliphatic hydroxyl groups is 1. The molecule has 98 valence electrons. The lowest BCUT2D eigenvalue weighted by Crippen LogP contribution is -2.36. The Kier molecular flexibility index (Phi) is 4.31. The quantitative estimate of drug-likeness (QED) is 0.880. The van der Waals surface area contributed by atoms with Gasteiger partial charge in [0.05, 0.1) is 24.7 Å². The average molecular weight is 313 g/mol. The number of nitrogens with one attached hydrogen (secondary N) is 1. The van der Waals surface area contributed by atoms with Crippen molar-refractivity contribution in [2.24, 2.45) is 5.92 Å². The van der Waals surface area contributed by atoms with E-state index in [9.17, 15) is 5.11 Å². The Hall–Kier alpha value is -0.980. The molecule has 0 aliphatic heterocycles. The molecule has 1 atom stereocenters. The Morgan fingerprint density at radius 2 is 2.17 bits per heavy atom. The van der Waals surface area contributed by atoms with Crippen molar-refractivity contribution in [2.75, 3.05) is 6.61 Å². The molecule has 0 saturated carbocycles. The zero-order chi connectivity index (χ0) is 13.1. The predicted molar refractivity (Wildman–Crippen MR) is 73.2 cm³/mol. The van der Waals surface area contributed by atoms with Crippen molar-refractivity contribution >= 4 is 21.6 Å². The third-order valence-corrected chi connectivity index (χ3v) is 3.40. The zero-order valence-corrected chi connectivity index (χ0v) is 12.1. The second-order valence-corrected chi connectivity index (χ2v) is 5.41. The van der Waals surface area contributed by atoms with Crippen LogP contribution in [0.2, 0.25) is 0 Å². The van der Waals surface area contributed by atoms with Crippen LogP contribution in [0.3, 0.4) is 0 Å². The summed E-state index contributed by atoms with van der Waals surface area (Å²) in [5.41, 5.74) is 1.87. The normalized spacial score (nSPS) is 13.4. The van der Waals surface area contributed by atoms with Crippen LogP contribution in [0.4, 0.5) is 0 Å². The van der Waals surface area contributed by atoms with E-state index in [0.29, 0.717) is 12.5 Å². The Labute approximate surface area is 114 Å². The molecule has 2 N–H and O–H groups in total. The van der Waals surface area contributed by atoms with Crippen molar-refractivity contribution < 1.29 is 5.11 Å². The van der Waals surface area contributed by atoms with Crippen molar-refractivity contribution in [3.05, 3.63) is 28.9 Å². The average Bonchev–Trinajstić information content (AvgIpc) is 2.72. The molecule has 1 unspecified atom stereocenters. The van der Waals surface area contributed by atoms with E-state index >= 15 is 0 Å². The second-order valence-electron chi connectivity index (χ2n) is 4.60. The van der Waals surface area contributed by atoms with Gasteiger partial charge in [-0.15, -0.1) is 0 Å². The molecule has 0 saturated heterocycles. The minimum atomic E-state index is 0.0980. The van der Waals surface area contributed by atoms with Crippen LogP contribution in [0.15, 0.2) is 23.2 Å². The predicted octanol–water partition coefficient (Wildman–Crippen LogP) is 1.60. The Morgan fingerprint density at radius 1 is 1.39 bits per heavy atom. The van der Waals surface area contributed by atoms with Crippen molar-refractivity contribution in [1.82, 2.24) is 19.7 Å². The zero-order valence-electron chi connectivity index (χ0n) is 10.5. The maximum Gasteiger partial charge on any atom is 0.155 e. The van der Waals surface area contributed by atoms with E-state index in [2.05, 4.69) is 45.1 Å². The molecule has 0 bridgehead atoms. The molecule has 2 aromatic heterocycles. The minimum Gasteiger partial charge on any atom is -0.395 e. The van der Waals surface area contributed by atoms with Crippen molar-refractivity contribution in [3.63, 3.8) is 0 Å². The van der Waals surface area contributed by atoms with Crippen LogP contribution < -0.4 is 5.32 Å². The molecule has 0 radical (unpaired) electrons. The second kappa shape index (κ2) is 5.77. The molecule has 2 rings (SSSR count). The first-order valence-electron chi connectivity index (χ1n) is 5.93. The molecule has 0 fully saturated rings. The lowest BCUT2D eigenvalue weighted by Gasteiger charge is -2.19. The van der Waals surface area contributed by atoms with Crippen molar-refractivity contribution in [3.8, 4) is 0 Å². The Balaban J connectivity index is 2.14. The lowest BCUT2D eigenvalue weighted by molar-refractivity contribution is 0.209. The van der Waals surface area contributed by atoms with Crippen molar-refractivity contribution in [1.29, 1.82) is 0 Å². The van der Waals surface area contributed by atoms with E-state index in [4.69, 9.17) is 0 Å². The summed E-state index contributed by atoms with van der Waals surface area (Å²) in [6, 6.07) is 0.0980. The van der Waals surface area contributed by atoms with Crippen LogP contribution in [0, 0.1) is 5.92 Å². The van der Waals surface area contributed by atoms with Crippen LogP contribution in [0.1, 0.15) is 19.5 Å². The largest absolute Gasteiger partial charge is 0.395 e. The van der Waals surface area contributed by atoms with E-state index in [-0.39, 0.29) is 12.6 Å². The molecule has 0 aromatic carbocycles. The first-order valence-corrected chi connectivity index (χ1v) is 6.73. The maximum absolute atomic E-state index is 9.28. The summed E-state index contributed by atoms with van der Waals surface area (Å²) in [7, 11) is 0. The van der Waals surface area contributed by atoms with E-state index in [0.717, 1.165) is 15.9 Å². The van der Waals surface area contributed by atoms with Crippen LogP contribution in [0.25, 0.3) is 5.65 Å². The summed E-state index contributed by atoms with van der Waals surface area (Å²) >= 11 is 3.35. The number of rotatable bonds is 5. The van der Waals surface area contributed by atoms with Gasteiger partial charge in [-0.05, 0) is 21.8 Å². The lowest BCUT2D eigenvalue weighted by atomic mass is 10.1. The number of aromatic nitrogens is 3. The highest BCUT2D eigenvalue weighted by atomic mass is 79.9.